The first kappa shape index (κ1) is 20.7. The molecular weight excluding hydrogens is 394 g/mol. The molecule has 8 heteroatoms. The van der Waals surface area contributed by atoms with Crippen LogP contribution < -0.4 is 11.1 Å². The van der Waals surface area contributed by atoms with Crippen LogP contribution in [0.15, 0.2) is 53.1 Å². The molecule has 0 spiro atoms. The van der Waals surface area contributed by atoms with Crippen molar-refractivity contribution in [2.45, 2.75) is 26.3 Å². The number of hydrogen-bond donors (Lipinski definition) is 2. The van der Waals surface area contributed by atoms with Crippen molar-refractivity contribution in [2.75, 3.05) is 18.4 Å². The minimum Gasteiger partial charge on any atom is -0.366 e. The van der Waals surface area contributed by atoms with Crippen LogP contribution in [0.1, 0.15) is 34.7 Å². The van der Waals surface area contributed by atoms with Gasteiger partial charge in [0.1, 0.15) is 0 Å². The van der Waals surface area contributed by atoms with E-state index in [0.717, 1.165) is 30.5 Å². The molecule has 3 aromatic rings. The molecule has 4 rings (SSSR count). The molecule has 2 heterocycles. The Kier molecular flexibility index (Phi) is 6.08. The van der Waals surface area contributed by atoms with E-state index >= 15 is 0 Å². The first-order valence-electron chi connectivity index (χ1n) is 10.3. The van der Waals surface area contributed by atoms with Crippen LogP contribution in [0, 0.1) is 12.8 Å². The fourth-order valence-electron chi connectivity index (χ4n) is 3.90. The summed E-state index contributed by atoms with van der Waals surface area (Å²) in [5, 5.41) is 6.97. The highest BCUT2D eigenvalue weighted by Gasteiger charge is 2.27. The number of anilines is 1. The van der Waals surface area contributed by atoms with Gasteiger partial charge in [0.25, 0.3) is 5.91 Å². The number of para-hydroxylation sites is 1. The van der Waals surface area contributed by atoms with Crippen molar-refractivity contribution in [1.29, 1.82) is 0 Å². The maximum Gasteiger partial charge on any atom is 0.250 e. The van der Waals surface area contributed by atoms with Crippen LogP contribution >= 0.6 is 0 Å². The lowest BCUT2D eigenvalue weighted by Crippen LogP contribution is -2.40. The Labute approximate surface area is 180 Å². The lowest BCUT2D eigenvalue weighted by Gasteiger charge is -2.31. The highest BCUT2D eigenvalue weighted by Crippen LogP contribution is 2.23. The van der Waals surface area contributed by atoms with Gasteiger partial charge in [0, 0.05) is 12.1 Å². The number of piperidine rings is 1. The number of nitrogens with two attached hydrogens (primary N) is 1. The molecule has 160 valence electrons. The molecule has 3 N–H and O–H groups in total. The molecular formula is C23H25N5O3. The Bertz CT molecular complexity index is 1090. The number of hydrogen-bond acceptors (Lipinski definition) is 6. The van der Waals surface area contributed by atoms with E-state index in [1.165, 1.54) is 0 Å². The summed E-state index contributed by atoms with van der Waals surface area (Å²) in [6.45, 7) is 3.92. The van der Waals surface area contributed by atoms with Gasteiger partial charge >= 0.3 is 0 Å². The third kappa shape index (κ3) is 4.80. The van der Waals surface area contributed by atoms with Crippen LogP contribution in [0.2, 0.25) is 0 Å². The summed E-state index contributed by atoms with van der Waals surface area (Å²) in [5.41, 5.74) is 8.18. The maximum atomic E-state index is 12.8. The van der Waals surface area contributed by atoms with Gasteiger partial charge in [-0.25, -0.2) is 0 Å². The number of nitrogens with zero attached hydrogens (tertiary/aromatic N) is 3. The van der Waals surface area contributed by atoms with E-state index in [0.29, 0.717) is 36.1 Å². The molecule has 2 amide bonds. The number of benzene rings is 2. The Morgan fingerprint density at radius 2 is 1.97 bits per heavy atom. The number of rotatable bonds is 6. The molecule has 1 aliphatic heterocycles. The lowest BCUT2D eigenvalue weighted by molar-refractivity contribution is -0.121. The second kappa shape index (κ2) is 9.09. The van der Waals surface area contributed by atoms with Crippen molar-refractivity contribution in [3.05, 3.63) is 65.5 Å². The Morgan fingerprint density at radius 3 is 2.77 bits per heavy atom. The van der Waals surface area contributed by atoms with Gasteiger partial charge in [0.2, 0.25) is 17.6 Å². The summed E-state index contributed by atoms with van der Waals surface area (Å²) >= 11 is 0. The summed E-state index contributed by atoms with van der Waals surface area (Å²) in [5.74, 6) is 0.209. The van der Waals surface area contributed by atoms with Crippen LogP contribution in [0.25, 0.3) is 11.4 Å². The van der Waals surface area contributed by atoms with Crippen LogP contribution in [-0.4, -0.2) is 39.9 Å². The predicted octanol–water partition coefficient (Wildman–Crippen LogP) is 2.99. The molecule has 1 saturated heterocycles. The molecule has 0 aliphatic carbocycles. The maximum absolute atomic E-state index is 12.8. The Morgan fingerprint density at radius 1 is 1.19 bits per heavy atom. The number of primary amides is 1. The van der Waals surface area contributed by atoms with Gasteiger partial charge in [-0.2, -0.15) is 4.98 Å². The number of aromatic nitrogens is 2. The van der Waals surface area contributed by atoms with E-state index in [1.54, 1.807) is 24.3 Å². The standard InChI is InChI=1S/C23H25N5O3/c1-15-7-2-3-9-17(15)22-26-20(31-27-22)14-28-12-6-8-16(13-28)23(30)25-19-11-5-4-10-18(19)21(24)29/h2-5,7,9-11,16H,6,8,12-14H2,1H3,(H2,24,29)(H,25,30). The van der Waals surface area contributed by atoms with E-state index in [9.17, 15) is 9.59 Å². The first-order chi connectivity index (χ1) is 15.0. The molecule has 0 bridgehead atoms. The molecule has 1 unspecified atom stereocenters. The third-order valence-corrected chi connectivity index (χ3v) is 5.54. The van der Waals surface area contributed by atoms with Gasteiger partial charge in [-0.05, 0) is 44.0 Å². The van der Waals surface area contributed by atoms with E-state index in [1.807, 2.05) is 31.2 Å². The minimum atomic E-state index is -0.568. The lowest BCUT2D eigenvalue weighted by atomic mass is 9.97. The van der Waals surface area contributed by atoms with Gasteiger partial charge in [-0.1, -0.05) is 41.6 Å². The van der Waals surface area contributed by atoms with Crippen molar-refractivity contribution >= 4 is 17.5 Å². The van der Waals surface area contributed by atoms with Gasteiger partial charge in [0.15, 0.2) is 0 Å². The van der Waals surface area contributed by atoms with Crippen molar-refractivity contribution in [3.63, 3.8) is 0 Å². The molecule has 1 atom stereocenters. The topological polar surface area (TPSA) is 114 Å². The third-order valence-electron chi connectivity index (χ3n) is 5.54. The SMILES string of the molecule is Cc1ccccc1-c1noc(CN2CCCC(C(=O)Nc3ccccc3C(N)=O)C2)n1. The number of likely N-dealkylation sites (tertiary alicyclic amines) is 1. The molecule has 8 nitrogen and oxygen atoms in total. The Hall–Kier alpha value is -3.52. The van der Waals surface area contributed by atoms with E-state index in [-0.39, 0.29) is 11.8 Å². The van der Waals surface area contributed by atoms with Crippen molar-refractivity contribution in [1.82, 2.24) is 15.0 Å². The van der Waals surface area contributed by atoms with Crippen molar-refractivity contribution in [3.8, 4) is 11.4 Å². The summed E-state index contributed by atoms with van der Waals surface area (Å²) in [4.78, 5) is 31.1. The highest BCUT2D eigenvalue weighted by molar-refractivity contribution is 6.03. The zero-order valence-electron chi connectivity index (χ0n) is 17.4. The molecule has 1 aliphatic rings. The van der Waals surface area contributed by atoms with E-state index < -0.39 is 5.91 Å². The second-order valence-electron chi connectivity index (χ2n) is 7.80. The van der Waals surface area contributed by atoms with Crippen molar-refractivity contribution in [2.24, 2.45) is 11.7 Å². The molecule has 1 aromatic heterocycles. The van der Waals surface area contributed by atoms with Gasteiger partial charge in [0.05, 0.1) is 23.7 Å². The van der Waals surface area contributed by atoms with Gasteiger partial charge in [-0.15, -0.1) is 0 Å². The van der Waals surface area contributed by atoms with Crippen molar-refractivity contribution < 1.29 is 14.1 Å². The quantitative estimate of drug-likeness (QED) is 0.635. The number of carbonyl (C=O) groups is 2. The van der Waals surface area contributed by atoms with E-state index in [4.69, 9.17) is 10.3 Å². The fourth-order valence-corrected chi connectivity index (χ4v) is 3.90. The fraction of sp³-hybridized carbons (Fsp3) is 0.304. The monoisotopic (exact) mass is 419 g/mol. The van der Waals surface area contributed by atoms with Crippen LogP contribution in [0.4, 0.5) is 5.69 Å². The van der Waals surface area contributed by atoms with Crippen LogP contribution in [0.5, 0.6) is 0 Å². The number of aryl methyl sites for hydroxylation is 1. The van der Waals surface area contributed by atoms with E-state index in [2.05, 4.69) is 20.4 Å². The van der Waals surface area contributed by atoms with Crippen LogP contribution in [0.3, 0.4) is 0 Å². The first-order valence-corrected chi connectivity index (χ1v) is 10.3. The number of carbonyl (C=O) groups excluding carboxylic acids is 2. The molecule has 1 fully saturated rings. The zero-order chi connectivity index (χ0) is 21.8. The molecule has 0 radical (unpaired) electrons. The average molecular weight is 419 g/mol. The molecule has 0 saturated carbocycles. The predicted molar refractivity (Wildman–Crippen MR) is 116 cm³/mol. The summed E-state index contributed by atoms with van der Waals surface area (Å²) in [6, 6.07) is 14.7. The average Bonchev–Trinajstić information content (AvgIpc) is 3.22. The molecule has 31 heavy (non-hydrogen) atoms. The summed E-state index contributed by atoms with van der Waals surface area (Å²) in [6.07, 6.45) is 1.66. The molecule has 2 aromatic carbocycles. The minimum absolute atomic E-state index is 0.121. The zero-order valence-corrected chi connectivity index (χ0v) is 17.4. The van der Waals surface area contributed by atoms with Gasteiger partial charge in [-0.3, -0.25) is 14.5 Å². The summed E-state index contributed by atoms with van der Waals surface area (Å²) in [7, 11) is 0. The smallest absolute Gasteiger partial charge is 0.250 e. The largest absolute Gasteiger partial charge is 0.366 e. The second-order valence-corrected chi connectivity index (χ2v) is 7.80. The Balaban J connectivity index is 1.40. The van der Waals surface area contributed by atoms with Gasteiger partial charge < -0.3 is 15.6 Å². The normalized spacial score (nSPS) is 16.7. The highest BCUT2D eigenvalue weighted by atomic mass is 16.5. The summed E-state index contributed by atoms with van der Waals surface area (Å²) < 4.78 is 5.46. The number of nitrogens with one attached hydrogen (secondary N) is 1. The van der Waals surface area contributed by atoms with Crippen LogP contribution in [-0.2, 0) is 11.3 Å². The number of amides is 2.